The predicted molar refractivity (Wildman–Crippen MR) is 75.1 cm³/mol. The Hall–Kier alpha value is -1.66. The summed E-state index contributed by atoms with van der Waals surface area (Å²) in [6.07, 6.45) is 4.07. The normalized spacial score (nSPS) is 20.4. The Morgan fingerprint density at radius 1 is 1.40 bits per heavy atom. The van der Waals surface area contributed by atoms with Crippen LogP contribution in [0.1, 0.15) is 23.3 Å². The van der Waals surface area contributed by atoms with E-state index in [1.807, 2.05) is 38.1 Å². The first-order valence-electron chi connectivity index (χ1n) is 6.94. The molecule has 1 unspecified atom stereocenters. The number of ether oxygens (including phenoxy) is 1. The molecule has 3 rings (SSSR count). The Morgan fingerprint density at radius 3 is 2.90 bits per heavy atom. The van der Waals surface area contributed by atoms with E-state index < -0.39 is 0 Å². The topological polar surface area (TPSA) is 48.1 Å². The fraction of sp³-hybridized carbons (Fsp3) is 0.571. The zero-order chi connectivity index (χ0) is 14.1. The van der Waals surface area contributed by atoms with Crippen molar-refractivity contribution in [2.75, 3.05) is 19.7 Å². The van der Waals surface area contributed by atoms with E-state index >= 15 is 0 Å². The average molecular weight is 275 g/mol. The van der Waals surface area contributed by atoms with Crippen molar-refractivity contribution in [3.05, 3.63) is 35.7 Å². The van der Waals surface area contributed by atoms with E-state index in [1.54, 1.807) is 0 Å². The first kappa shape index (κ1) is 13.3. The zero-order valence-electron chi connectivity index (χ0n) is 12.3. The Kier molecular flexibility index (Phi) is 3.58. The van der Waals surface area contributed by atoms with Gasteiger partial charge in [0.1, 0.15) is 11.9 Å². The largest absolute Gasteiger partial charge is 0.368 e. The third kappa shape index (κ3) is 2.76. The number of rotatable bonds is 3. The van der Waals surface area contributed by atoms with E-state index in [0.29, 0.717) is 0 Å². The first-order chi connectivity index (χ1) is 9.61. The molecular weight excluding hydrogens is 254 g/mol. The minimum Gasteiger partial charge on any atom is -0.368 e. The number of nitrogens with zero attached hydrogens (tertiary/aromatic N) is 5. The molecule has 0 amide bonds. The maximum atomic E-state index is 5.88. The van der Waals surface area contributed by atoms with E-state index in [2.05, 4.69) is 25.6 Å². The van der Waals surface area contributed by atoms with Gasteiger partial charge in [0.05, 0.1) is 18.0 Å². The number of hydrogen-bond acceptors (Lipinski definition) is 4. The maximum Gasteiger partial charge on any atom is 0.139 e. The maximum absolute atomic E-state index is 5.88. The predicted octanol–water partition coefficient (Wildman–Crippen LogP) is 1.04. The quantitative estimate of drug-likeness (QED) is 0.839. The van der Waals surface area contributed by atoms with Gasteiger partial charge in [-0.2, -0.15) is 5.10 Å². The minimum atomic E-state index is 0.0474. The van der Waals surface area contributed by atoms with Crippen LogP contribution in [0.3, 0.4) is 0 Å². The summed E-state index contributed by atoms with van der Waals surface area (Å²) in [7, 11) is 3.97. The molecule has 0 N–H and O–H groups in total. The SMILES string of the molecule is Cc1cn(C)c(C2CN(Cc3ccn(C)n3)CCO2)n1. The van der Waals surface area contributed by atoms with Crippen molar-refractivity contribution in [1.82, 2.24) is 24.2 Å². The van der Waals surface area contributed by atoms with Gasteiger partial charge in [-0.05, 0) is 13.0 Å². The molecule has 1 atom stereocenters. The molecule has 0 spiro atoms. The molecule has 0 saturated carbocycles. The van der Waals surface area contributed by atoms with Gasteiger partial charge in [-0.1, -0.05) is 0 Å². The van der Waals surface area contributed by atoms with Crippen LogP contribution in [0.2, 0.25) is 0 Å². The molecule has 0 radical (unpaired) electrons. The number of aromatic nitrogens is 4. The Bertz CT molecular complexity index is 588. The van der Waals surface area contributed by atoms with Crippen LogP contribution < -0.4 is 0 Å². The van der Waals surface area contributed by atoms with Crippen molar-refractivity contribution >= 4 is 0 Å². The summed E-state index contributed by atoms with van der Waals surface area (Å²) >= 11 is 0. The molecule has 2 aromatic rings. The molecule has 1 fully saturated rings. The zero-order valence-corrected chi connectivity index (χ0v) is 12.3. The average Bonchev–Trinajstić information content (AvgIpc) is 2.96. The highest BCUT2D eigenvalue weighted by Crippen LogP contribution is 2.22. The standard InChI is InChI=1S/C14H21N5O/c1-11-8-17(2)14(15-11)13-10-19(6-7-20-13)9-12-4-5-18(3)16-12/h4-5,8,13H,6-7,9-10H2,1-3H3. The van der Waals surface area contributed by atoms with Crippen molar-refractivity contribution in [3.63, 3.8) is 0 Å². The third-order valence-electron chi connectivity index (χ3n) is 3.63. The molecule has 0 bridgehead atoms. The van der Waals surface area contributed by atoms with Crippen LogP contribution >= 0.6 is 0 Å². The van der Waals surface area contributed by atoms with Gasteiger partial charge in [0.2, 0.25) is 0 Å². The molecule has 1 aliphatic rings. The van der Waals surface area contributed by atoms with Crippen LogP contribution in [0.15, 0.2) is 18.5 Å². The molecule has 0 aliphatic carbocycles. The fourth-order valence-electron chi connectivity index (χ4n) is 2.71. The van der Waals surface area contributed by atoms with Gasteiger partial charge in [-0.15, -0.1) is 0 Å². The van der Waals surface area contributed by atoms with Gasteiger partial charge in [-0.3, -0.25) is 9.58 Å². The van der Waals surface area contributed by atoms with E-state index in [4.69, 9.17) is 4.74 Å². The van der Waals surface area contributed by atoms with E-state index in [1.165, 1.54) is 0 Å². The van der Waals surface area contributed by atoms with Crippen LogP contribution in [0, 0.1) is 6.92 Å². The smallest absolute Gasteiger partial charge is 0.139 e. The Morgan fingerprint density at radius 2 is 2.25 bits per heavy atom. The lowest BCUT2D eigenvalue weighted by Gasteiger charge is -2.32. The van der Waals surface area contributed by atoms with Crippen LogP contribution in [0.5, 0.6) is 0 Å². The third-order valence-corrected chi connectivity index (χ3v) is 3.63. The second-order valence-corrected chi connectivity index (χ2v) is 5.43. The van der Waals surface area contributed by atoms with E-state index in [9.17, 15) is 0 Å². The van der Waals surface area contributed by atoms with Gasteiger partial charge in [-0.25, -0.2) is 4.98 Å². The van der Waals surface area contributed by atoms with Crippen LogP contribution in [-0.4, -0.2) is 43.9 Å². The number of aryl methyl sites for hydroxylation is 3. The molecule has 1 saturated heterocycles. The molecule has 0 aromatic carbocycles. The number of hydrogen-bond donors (Lipinski definition) is 0. The van der Waals surface area contributed by atoms with Gasteiger partial charge in [0, 0.05) is 46.1 Å². The van der Waals surface area contributed by atoms with Gasteiger partial charge in [0.15, 0.2) is 0 Å². The van der Waals surface area contributed by atoms with Gasteiger partial charge < -0.3 is 9.30 Å². The van der Waals surface area contributed by atoms with Gasteiger partial charge >= 0.3 is 0 Å². The molecule has 20 heavy (non-hydrogen) atoms. The van der Waals surface area contributed by atoms with Crippen LogP contribution in [0.4, 0.5) is 0 Å². The lowest BCUT2D eigenvalue weighted by molar-refractivity contribution is -0.0387. The summed E-state index contributed by atoms with van der Waals surface area (Å²) in [6, 6.07) is 2.06. The lowest BCUT2D eigenvalue weighted by Crippen LogP contribution is -2.38. The fourth-order valence-corrected chi connectivity index (χ4v) is 2.71. The highest BCUT2D eigenvalue weighted by molar-refractivity contribution is 5.06. The van der Waals surface area contributed by atoms with Crippen LogP contribution in [0.25, 0.3) is 0 Å². The van der Waals surface area contributed by atoms with E-state index in [-0.39, 0.29) is 6.10 Å². The summed E-state index contributed by atoms with van der Waals surface area (Å²) < 4.78 is 9.78. The molecule has 108 valence electrons. The summed E-state index contributed by atoms with van der Waals surface area (Å²) in [5, 5.41) is 4.44. The first-order valence-corrected chi connectivity index (χ1v) is 6.94. The molecule has 6 nitrogen and oxygen atoms in total. The minimum absolute atomic E-state index is 0.0474. The summed E-state index contributed by atoms with van der Waals surface area (Å²) in [4.78, 5) is 6.95. The molecule has 2 aromatic heterocycles. The van der Waals surface area contributed by atoms with Crippen molar-refractivity contribution in [3.8, 4) is 0 Å². The summed E-state index contributed by atoms with van der Waals surface area (Å²) in [6.45, 7) is 5.42. The summed E-state index contributed by atoms with van der Waals surface area (Å²) in [5.74, 6) is 1.01. The van der Waals surface area contributed by atoms with Crippen molar-refractivity contribution in [2.24, 2.45) is 14.1 Å². The Labute approximate surface area is 119 Å². The molecular formula is C14H21N5O. The van der Waals surface area contributed by atoms with Gasteiger partial charge in [0.25, 0.3) is 0 Å². The van der Waals surface area contributed by atoms with Crippen molar-refractivity contribution < 1.29 is 4.74 Å². The second kappa shape index (κ2) is 5.38. The van der Waals surface area contributed by atoms with Crippen molar-refractivity contribution in [2.45, 2.75) is 19.6 Å². The lowest BCUT2D eigenvalue weighted by atomic mass is 10.2. The van der Waals surface area contributed by atoms with Crippen LogP contribution in [-0.2, 0) is 25.4 Å². The summed E-state index contributed by atoms with van der Waals surface area (Å²) in [5.41, 5.74) is 2.14. The monoisotopic (exact) mass is 275 g/mol. The molecule has 3 heterocycles. The Balaban J connectivity index is 1.68. The molecule has 1 aliphatic heterocycles. The van der Waals surface area contributed by atoms with Crippen molar-refractivity contribution in [1.29, 1.82) is 0 Å². The molecule has 6 heteroatoms. The van der Waals surface area contributed by atoms with E-state index in [0.717, 1.165) is 43.5 Å². The highest BCUT2D eigenvalue weighted by atomic mass is 16.5. The number of imidazole rings is 1. The highest BCUT2D eigenvalue weighted by Gasteiger charge is 2.25. The second-order valence-electron chi connectivity index (χ2n) is 5.43. The number of morpholine rings is 1.